The highest BCUT2D eigenvalue weighted by Gasteiger charge is 2.10. The largest absolute Gasteiger partial charge is 0.381 e. The van der Waals surface area contributed by atoms with Gasteiger partial charge < -0.3 is 5.32 Å². The Balaban J connectivity index is 0.00000117. The van der Waals surface area contributed by atoms with Crippen molar-refractivity contribution in [2.75, 3.05) is 5.32 Å². The SMILES string of the molecule is CC.CCc1nc(-c2ccc(NCc3c(F)cccc3F)cc2)c(C)s1. The Labute approximate surface area is 157 Å². The standard InChI is InChI=1S/C19H18F2N2S.C2H6/c1-3-18-23-19(12(2)24-18)13-7-9-14(10-8-13)22-11-15-16(20)5-4-6-17(15)21;1-2/h4-10,22H,3,11H2,1-2H3;1-2H3. The van der Waals surface area contributed by atoms with Crippen LogP contribution in [0.15, 0.2) is 42.5 Å². The van der Waals surface area contributed by atoms with Crippen molar-refractivity contribution < 1.29 is 8.78 Å². The maximum Gasteiger partial charge on any atom is 0.131 e. The number of benzene rings is 2. The summed E-state index contributed by atoms with van der Waals surface area (Å²) in [7, 11) is 0. The van der Waals surface area contributed by atoms with Gasteiger partial charge in [0.05, 0.1) is 10.7 Å². The zero-order valence-electron chi connectivity index (χ0n) is 15.6. The summed E-state index contributed by atoms with van der Waals surface area (Å²) < 4.78 is 27.3. The smallest absolute Gasteiger partial charge is 0.131 e. The Kier molecular flexibility index (Phi) is 7.27. The molecule has 3 aromatic rings. The number of hydrogen-bond acceptors (Lipinski definition) is 3. The van der Waals surface area contributed by atoms with Crippen LogP contribution >= 0.6 is 11.3 Å². The predicted molar refractivity (Wildman–Crippen MR) is 107 cm³/mol. The molecule has 0 saturated carbocycles. The second kappa shape index (κ2) is 9.43. The molecule has 0 radical (unpaired) electrons. The first-order valence-corrected chi connectivity index (χ1v) is 9.63. The summed E-state index contributed by atoms with van der Waals surface area (Å²) in [5.41, 5.74) is 2.91. The van der Waals surface area contributed by atoms with Crippen LogP contribution in [0.5, 0.6) is 0 Å². The van der Waals surface area contributed by atoms with Gasteiger partial charge in [0.25, 0.3) is 0 Å². The molecule has 138 valence electrons. The van der Waals surface area contributed by atoms with E-state index in [0.717, 1.165) is 28.4 Å². The molecule has 0 atom stereocenters. The lowest BCUT2D eigenvalue weighted by molar-refractivity contribution is 0.560. The van der Waals surface area contributed by atoms with Crippen molar-refractivity contribution in [3.63, 3.8) is 0 Å². The van der Waals surface area contributed by atoms with Crippen LogP contribution in [0.25, 0.3) is 11.3 Å². The van der Waals surface area contributed by atoms with E-state index in [0.29, 0.717) is 0 Å². The van der Waals surface area contributed by atoms with Gasteiger partial charge in [0, 0.05) is 28.2 Å². The molecule has 0 aliphatic carbocycles. The first-order valence-electron chi connectivity index (χ1n) is 8.82. The van der Waals surface area contributed by atoms with E-state index >= 15 is 0 Å². The minimum absolute atomic E-state index is 0.0458. The van der Waals surface area contributed by atoms with E-state index in [4.69, 9.17) is 0 Å². The molecule has 3 rings (SSSR count). The van der Waals surface area contributed by atoms with E-state index in [1.54, 1.807) is 11.3 Å². The van der Waals surface area contributed by atoms with Crippen molar-refractivity contribution in [2.24, 2.45) is 0 Å². The van der Waals surface area contributed by atoms with Crippen molar-refractivity contribution in [3.8, 4) is 11.3 Å². The summed E-state index contributed by atoms with van der Waals surface area (Å²) in [4.78, 5) is 5.84. The average Bonchev–Trinajstić information content (AvgIpc) is 3.04. The van der Waals surface area contributed by atoms with E-state index in [-0.39, 0.29) is 12.1 Å². The van der Waals surface area contributed by atoms with Gasteiger partial charge in [-0.05, 0) is 37.6 Å². The second-order valence-corrected chi connectivity index (χ2v) is 6.78. The topological polar surface area (TPSA) is 24.9 Å². The first-order chi connectivity index (χ1) is 12.6. The monoisotopic (exact) mass is 374 g/mol. The number of halogens is 2. The fraction of sp³-hybridized carbons (Fsp3) is 0.286. The van der Waals surface area contributed by atoms with Crippen LogP contribution in [-0.2, 0) is 13.0 Å². The molecule has 0 fully saturated rings. The highest BCUT2D eigenvalue weighted by Crippen LogP contribution is 2.28. The Hall–Kier alpha value is -2.27. The number of aromatic nitrogens is 1. The van der Waals surface area contributed by atoms with Crippen molar-refractivity contribution in [2.45, 2.75) is 40.7 Å². The van der Waals surface area contributed by atoms with Crippen molar-refractivity contribution in [1.29, 1.82) is 0 Å². The molecule has 2 nitrogen and oxygen atoms in total. The number of nitrogens with zero attached hydrogens (tertiary/aromatic N) is 1. The molecular formula is C21H24F2N2S. The normalized spacial score (nSPS) is 10.2. The van der Waals surface area contributed by atoms with Crippen LogP contribution in [0.4, 0.5) is 14.5 Å². The van der Waals surface area contributed by atoms with Gasteiger partial charge in [-0.25, -0.2) is 13.8 Å². The van der Waals surface area contributed by atoms with Gasteiger partial charge in [0.1, 0.15) is 11.6 Å². The number of rotatable bonds is 5. The van der Waals surface area contributed by atoms with Gasteiger partial charge in [-0.1, -0.05) is 39.0 Å². The summed E-state index contributed by atoms with van der Waals surface area (Å²) in [6.07, 6.45) is 0.930. The minimum atomic E-state index is -0.538. The fourth-order valence-corrected chi connectivity index (χ4v) is 3.40. The highest BCUT2D eigenvalue weighted by atomic mass is 32.1. The zero-order valence-corrected chi connectivity index (χ0v) is 16.4. The molecular weight excluding hydrogens is 350 g/mol. The summed E-state index contributed by atoms with van der Waals surface area (Å²) >= 11 is 1.71. The summed E-state index contributed by atoms with van der Waals surface area (Å²) in [6, 6.07) is 11.6. The Morgan fingerprint density at radius 1 is 1.00 bits per heavy atom. The number of nitrogens with one attached hydrogen (secondary N) is 1. The third-order valence-corrected chi connectivity index (χ3v) is 4.95. The van der Waals surface area contributed by atoms with Crippen LogP contribution in [0.3, 0.4) is 0 Å². The van der Waals surface area contributed by atoms with Crippen LogP contribution in [0, 0.1) is 18.6 Å². The third-order valence-electron chi connectivity index (χ3n) is 3.83. The zero-order chi connectivity index (χ0) is 19.1. The lowest BCUT2D eigenvalue weighted by atomic mass is 10.1. The van der Waals surface area contributed by atoms with Gasteiger partial charge in [0.2, 0.25) is 0 Å². The Morgan fingerprint density at radius 3 is 2.15 bits per heavy atom. The van der Waals surface area contributed by atoms with Crippen molar-refractivity contribution in [3.05, 3.63) is 69.5 Å². The predicted octanol–water partition coefficient (Wildman–Crippen LogP) is 6.60. The van der Waals surface area contributed by atoms with E-state index in [1.165, 1.54) is 23.1 Å². The third kappa shape index (κ3) is 4.67. The van der Waals surface area contributed by atoms with E-state index in [9.17, 15) is 8.78 Å². The van der Waals surface area contributed by atoms with Crippen LogP contribution in [0.1, 0.15) is 36.2 Å². The maximum atomic E-state index is 13.6. The second-order valence-electron chi connectivity index (χ2n) is 5.50. The molecule has 1 aromatic heterocycles. The number of aryl methyl sites for hydroxylation is 2. The molecule has 0 bridgehead atoms. The van der Waals surface area contributed by atoms with Gasteiger partial charge in [-0.3, -0.25) is 0 Å². The van der Waals surface area contributed by atoms with Gasteiger partial charge in [0.15, 0.2) is 0 Å². The number of hydrogen-bond donors (Lipinski definition) is 1. The average molecular weight is 375 g/mol. The minimum Gasteiger partial charge on any atom is -0.381 e. The molecule has 0 aliphatic rings. The van der Waals surface area contributed by atoms with E-state index in [2.05, 4.69) is 24.1 Å². The van der Waals surface area contributed by atoms with Gasteiger partial charge >= 0.3 is 0 Å². The number of anilines is 1. The molecule has 0 aliphatic heterocycles. The molecule has 26 heavy (non-hydrogen) atoms. The van der Waals surface area contributed by atoms with Crippen molar-refractivity contribution in [1.82, 2.24) is 4.98 Å². The van der Waals surface area contributed by atoms with Crippen molar-refractivity contribution >= 4 is 17.0 Å². The first kappa shape index (κ1) is 20.0. The lowest BCUT2D eigenvalue weighted by Gasteiger charge is -2.09. The van der Waals surface area contributed by atoms with Crippen LogP contribution < -0.4 is 5.32 Å². The van der Waals surface area contributed by atoms with E-state index in [1.807, 2.05) is 38.1 Å². The summed E-state index contributed by atoms with van der Waals surface area (Å²) in [5.74, 6) is -1.08. The Bertz CT molecular complexity index is 821. The molecule has 1 heterocycles. The molecule has 0 amide bonds. The molecule has 2 aromatic carbocycles. The van der Waals surface area contributed by atoms with Gasteiger partial charge in [-0.15, -0.1) is 11.3 Å². The molecule has 0 spiro atoms. The van der Waals surface area contributed by atoms with Gasteiger partial charge in [-0.2, -0.15) is 0 Å². The number of thiazole rings is 1. The maximum absolute atomic E-state index is 13.6. The molecule has 5 heteroatoms. The van der Waals surface area contributed by atoms with Crippen LogP contribution in [0.2, 0.25) is 0 Å². The molecule has 0 saturated heterocycles. The Morgan fingerprint density at radius 2 is 1.62 bits per heavy atom. The summed E-state index contributed by atoms with van der Waals surface area (Å²) in [6.45, 7) is 8.27. The summed E-state index contributed by atoms with van der Waals surface area (Å²) in [5, 5.41) is 4.18. The molecule has 1 N–H and O–H groups in total. The fourth-order valence-electron chi connectivity index (χ4n) is 2.51. The lowest BCUT2D eigenvalue weighted by Crippen LogP contribution is -2.04. The highest BCUT2D eigenvalue weighted by molar-refractivity contribution is 7.12. The quantitative estimate of drug-likeness (QED) is 0.544. The van der Waals surface area contributed by atoms with Crippen LogP contribution in [-0.4, -0.2) is 4.98 Å². The molecule has 0 unspecified atom stereocenters. The van der Waals surface area contributed by atoms with E-state index < -0.39 is 11.6 Å².